The molecule has 0 aliphatic carbocycles. The van der Waals surface area contributed by atoms with E-state index in [1.807, 2.05) is 30.3 Å². The summed E-state index contributed by atoms with van der Waals surface area (Å²) < 4.78 is 16.5. The maximum Gasteiger partial charge on any atom is 0.261 e. The van der Waals surface area contributed by atoms with Crippen LogP contribution in [0.1, 0.15) is 30.9 Å². The summed E-state index contributed by atoms with van der Waals surface area (Å²) in [5.74, 6) is 0.830. The molecule has 0 saturated carbocycles. The fourth-order valence-electron chi connectivity index (χ4n) is 3.99. The number of amides is 2. The fraction of sp³-hybridized carbons (Fsp3) is 0.333. The molecule has 7 nitrogen and oxygen atoms in total. The van der Waals surface area contributed by atoms with Crippen molar-refractivity contribution >= 4 is 35.0 Å². The molecule has 0 saturated heterocycles. The summed E-state index contributed by atoms with van der Waals surface area (Å²) in [6.45, 7) is 2.36. The van der Waals surface area contributed by atoms with E-state index < -0.39 is 6.04 Å². The number of carbonyl (C=O) groups excluding carboxylic acids is 2. The van der Waals surface area contributed by atoms with E-state index in [9.17, 15) is 9.59 Å². The van der Waals surface area contributed by atoms with Crippen LogP contribution in [0, 0.1) is 0 Å². The van der Waals surface area contributed by atoms with Crippen LogP contribution in [0.25, 0.3) is 0 Å². The van der Waals surface area contributed by atoms with Crippen LogP contribution in [0.3, 0.4) is 0 Å². The molecule has 9 heteroatoms. The number of halogens is 2. The Morgan fingerprint density at radius 3 is 2.21 bits per heavy atom. The van der Waals surface area contributed by atoms with Gasteiger partial charge < -0.3 is 24.4 Å². The van der Waals surface area contributed by atoms with Crippen LogP contribution >= 0.6 is 23.2 Å². The number of rotatable bonds is 14. The second kappa shape index (κ2) is 15.2. The molecule has 3 rings (SSSR count). The van der Waals surface area contributed by atoms with Crippen molar-refractivity contribution in [3.05, 3.63) is 87.9 Å². The van der Waals surface area contributed by atoms with Gasteiger partial charge in [0.05, 0.1) is 14.2 Å². The van der Waals surface area contributed by atoms with Gasteiger partial charge in [0.15, 0.2) is 6.61 Å². The molecule has 2 amide bonds. The molecule has 0 unspecified atom stereocenters. The van der Waals surface area contributed by atoms with E-state index >= 15 is 0 Å². The Kier molecular flexibility index (Phi) is 11.8. The molecule has 208 valence electrons. The van der Waals surface area contributed by atoms with Gasteiger partial charge >= 0.3 is 0 Å². The molecule has 0 heterocycles. The first-order valence-electron chi connectivity index (χ1n) is 12.8. The van der Waals surface area contributed by atoms with E-state index in [1.165, 1.54) is 19.1 Å². The number of methoxy groups -OCH3 is 2. The van der Waals surface area contributed by atoms with Crippen LogP contribution in [0.4, 0.5) is 0 Å². The molecule has 0 bridgehead atoms. The first kappa shape index (κ1) is 30.1. The number of carbonyl (C=O) groups is 2. The maximum absolute atomic E-state index is 13.8. The monoisotopic (exact) mass is 572 g/mol. The zero-order chi connectivity index (χ0) is 28.2. The Morgan fingerprint density at radius 2 is 1.59 bits per heavy atom. The normalized spacial score (nSPS) is 11.4. The molecule has 0 aliphatic heterocycles. The zero-order valence-electron chi connectivity index (χ0n) is 22.4. The third-order valence-corrected chi connectivity index (χ3v) is 6.73. The molecule has 1 N–H and O–H groups in total. The number of benzene rings is 3. The predicted molar refractivity (Wildman–Crippen MR) is 154 cm³/mol. The van der Waals surface area contributed by atoms with Gasteiger partial charge in [-0.25, -0.2) is 0 Å². The van der Waals surface area contributed by atoms with E-state index in [1.54, 1.807) is 36.4 Å². The van der Waals surface area contributed by atoms with Crippen LogP contribution in [0.2, 0.25) is 10.0 Å². The van der Waals surface area contributed by atoms with Gasteiger partial charge in [0.2, 0.25) is 5.91 Å². The minimum absolute atomic E-state index is 0.0956. The minimum atomic E-state index is -0.799. The predicted octanol–water partition coefficient (Wildman–Crippen LogP) is 5.95. The number of ether oxygens (including phenoxy) is 3. The van der Waals surface area contributed by atoms with E-state index in [4.69, 9.17) is 37.4 Å². The third-order valence-electron chi connectivity index (χ3n) is 6.14. The summed E-state index contributed by atoms with van der Waals surface area (Å²) in [6, 6.07) is 18.9. The Balaban J connectivity index is 1.93. The Bertz CT molecular complexity index is 1220. The second-order valence-electron chi connectivity index (χ2n) is 8.94. The molecule has 0 radical (unpaired) electrons. The average molecular weight is 574 g/mol. The van der Waals surface area contributed by atoms with E-state index in [0.29, 0.717) is 45.8 Å². The zero-order valence-corrected chi connectivity index (χ0v) is 23.9. The second-order valence-corrected chi connectivity index (χ2v) is 9.79. The van der Waals surface area contributed by atoms with Gasteiger partial charge in [-0.05, 0) is 29.7 Å². The van der Waals surface area contributed by atoms with Gasteiger partial charge in [-0.3, -0.25) is 9.59 Å². The average Bonchev–Trinajstić information content (AvgIpc) is 2.95. The summed E-state index contributed by atoms with van der Waals surface area (Å²) in [5, 5.41) is 3.88. The van der Waals surface area contributed by atoms with Crippen LogP contribution < -0.4 is 19.5 Å². The third kappa shape index (κ3) is 9.08. The molecule has 1 atom stereocenters. The first-order valence-corrected chi connectivity index (χ1v) is 13.5. The number of nitrogens with zero attached hydrogens (tertiary/aromatic N) is 1. The van der Waals surface area contributed by atoms with E-state index in [-0.39, 0.29) is 25.0 Å². The number of nitrogens with one attached hydrogen (secondary N) is 1. The quantitative estimate of drug-likeness (QED) is 0.242. The highest BCUT2D eigenvalue weighted by Gasteiger charge is 2.31. The lowest BCUT2D eigenvalue weighted by Crippen LogP contribution is -2.51. The summed E-state index contributed by atoms with van der Waals surface area (Å²) in [6.07, 6.45) is 2.09. The molecular formula is C30H34Cl2N2O5. The molecule has 39 heavy (non-hydrogen) atoms. The van der Waals surface area contributed by atoms with Gasteiger partial charge in [0.1, 0.15) is 23.3 Å². The van der Waals surface area contributed by atoms with Crippen molar-refractivity contribution < 1.29 is 23.8 Å². The largest absolute Gasteiger partial charge is 0.496 e. The van der Waals surface area contributed by atoms with Gasteiger partial charge in [0, 0.05) is 47.8 Å². The highest BCUT2D eigenvalue weighted by atomic mass is 35.5. The lowest BCUT2D eigenvalue weighted by Gasteiger charge is -2.31. The van der Waals surface area contributed by atoms with Gasteiger partial charge in [-0.2, -0.15) is 0 Å². The molecule has 3 aromatic carbocycles. The fourth-order valence-corrected chi connectivity index (χ4v) is 4.45. The number of hydrogen-bond donors (Lipinski definition) is 1. The standard InChI is InChI=1S/C30H34Cl2N2O5/c1-4-5-13-33-30(36)28(14-21-9-7-6-8-10-21)34(19-22-11-12-23(31)15-27(22)32)29(35)20-39-26-17-24(37-2)16-25(18-26)38-3/h6-12,15-18,28H,4-5,13-14,19-20H2,1-3H3,(H,33,36)/t28-/m1/s1. The van der Waals surface area contributed by atoms with Crippen LogP contribution in [-0.2, 0) is 22.6 Å². The van der Waals surface area contributed by atoms with Crippen molar-refractivity contribution in [1.82, 2.24) is 10.2 Å². The van der Waals surface area contributed by atoms with Crippen molar-refractivity contribution in [2.75, 3.05) is 27.4 Å². The lowest BCUT2D eigenvalue weighted by molar-refractivity contribution is -0.142. The topological polar surface area (TPSA) is 77.1 Å². The van der Waals surface area contributed by atoms with Gasteiger partial charge in [-0.1, -0.05) is 72.9 Å². The Labute approximate surface area is 240 Å². The number of unbranched alkanes of at least 4 members (excludes halogenated alkanes) is 1. The highest BCUT2D eigenvalue weighted by Crippen LogP contribution is 2.28. The van der Waals surface area contributed by atoms with Crippen molar-refractivity contribution in [3.8, 4) is 17.2 Å². The van der Waals surface area contributed by atoms with Crippen molar-refractivity contribution in [2.45, 2.75) is 38.8 Å². The summed E-state index contributed by atoms with van der Waals surface area (Å²) in [4.78, 5) is 28.8. The van der Waals surface area contributed by atoms with Crippen LogP contribution in [-0.4, -0.2) is 50.1 Å². The highest BCUT2D eigenvalue weighted by molar-refractivity contribution is 6.35. The minimum Gasteiger partial charge on any atom is -0.496 e. The van der Waals surface area contributed by atoms with Gasteiger partial charge in [0.25, 0.3) is 5.91 Å². The summed E-state index contributed by atoms with van der Waals surface area (Å²) in [5.41, 5.74) is 1.59. The van der Waals surface area contributed by atoms with Crippen LogP contribution in [0.5, 0.6) is 17.2 Å². The van der Waals surface area contributed by atoms with E-state index in [2.05, 4.69) is 12.2 Å². The Hall–Kier alpha value is -3.42. The molecular weight excluding hydrogens is 539 g/mol. The lowest BCUT2D eigenvalue weighted by atomic mass is 10.0. The smallest absolute Gasteiger partial charge is 0.261 e. The molecule has 0 aliphatic rings. The molecule has 0 spiro atoms. The molecule has 3 aromatic rings. The first-order chi connectivity index (χ1) is 18.8. The summed E-state index contributed by atoms with van der Waals surface area (Å²) in [7, 11) is 3.07. The number of hydrogen-bond acceptors (Lipinski definition) is 5. The SMILES string of the molecule is CCCCNC(=O)[C@@H](Cc1ccccc1)N(Cc1ccc(Cl)cc1Cl)C(=O)COc1cc(OC)cc(OC)c1. The van der Waals surface area contributed by atoms with Crippen molar-refractivity contribution in [3.63, 3.8) is 0 Å². The van der Waals surface area contributed by atoms with Crippen LogP contribution in [0.15, 0.2) is 66.7 Å². The van der Waals surface area contributed by atoms with Gasteiger partial charge in [-0.15, -0.1) is 0 Å². The Morgan fingerprint density at radius 1 is 0.923 bits per heavy atom. The maximum atomic E-state index is 13.8. The van der Waals surface area contributed by atoms with Crippen molar-refractivity contribution in [2.24, 2.45) is 0 Å². The van der Waals surface area contributed by atoms with Crippen molar-refractivity contribution in [1.29, 1.82) is 0 Å². The molecule has 0 fully saturated rings. The van der Waals surface area contributed by atoms with E-state index in [0.717, 1.165) is 18.4 Å². The summed E-state index contributed by atoms with van der Waals surface area (Å²) >= 11 is 12.6. The molecule has 0 aromatic heterocycles.